The molecule has 2 heterocycles. The van der Waals surface area contributed by atoms with Crippen molar-refractivity contribution in [1.82, 2.24) is 0 Å². The van der Waals surface area contributed by atoms with E-state index < -0.39 is 0 Å². The highest BCUT2D eigenvalue weighted by atomic mass is 15.2. The highest BCUT2D eigenvalue weighted by Gasteiger charge is 2.27. The first-order valence-corrected chi connectivity index (χ1v) is 5.96. The van der Waals surface area contributed by atoms with Crippen LogP contribution < -0.4 is 10.2 Å². The fraction of sp³-hybridized carbons (Fsp3) is 0.538. The third kappa shape index (κ3) is 1.48. The van der Waals surface area contributed by atoms with Gasteiger partial charge in [0.15, 0.2) is 0 Å². The zero-order chi connectivity index (χ0) is 10.3. The zero-order valence-corrected chi connectivity index (χ0v) is 9.29. The van der Waals surface area contributed by atoms with E-state index in [-0.39, 0.29) is 0 Å². The summed E-state index contributed by atoms with van der Waals surface area (Å²) in [6, 6.07) is 7.49. The summed E-state index contributed by atoms with van der Waals surface area (Å²) in [5.41, 5.74) is 4.08. The molecule has 1 unspecified atom stereocenters. The average molecular weight is 202 g/mol. The minimum Gasteiger partial charge on any atom is -0.381 e. The molecule has 0 bridgehead atoms. The van der Waals surface area contributed by atoms with Gasteiger partial charge in [-0.15, -0.1) is 0 Å². The quantitative estimate of drug-likeness (QED) is 0.696. The van der Waals surface area contributed by atoms with E-state index in [1.807, 2.05) is 0 Å². The van der Waals surface area contributed by atoms with Gasteiger partial charge in [-0.3, -0.25) is 0 Å². The standard InChI is InChI=1S/C13H18N2/c1-10-5-6-13-12(8-10)14-9-11-4-2-3-7-15(11)13/h5-6,8,11,14H,2-4,7,9H2,1H3. The van der Waals surface area contributed by atoms with Crippen LogP contribution in [-0.2, 0) is 0 Å². The van der Waals surface area contributed by atoms with Crippen LogP contribution in [0.15, 0.2) is 18.2 Å². The Bertz CT molecular complexity index is 373. The molecule has 3 rings (SSSR count). The van der Waals surface area contributed by atoms with Crippen molar-refractivity contribution in [3.05, 3.63) is 23.8 Å². The van der Waals surface area contributed by atoms with Crippen LogP contribution in [0.1, 0.15) is 24.8 Å². The first-order chi connectivity index (χ1) is 7.34. The van der Waals surface area contributed by atoms with Crippen molar-refractivity contribution in [2.24, 2.45) is 0 Å². The molecule has 2 aliphatic heterocycles. The van der Waals surface area contributed by atoms with Crippen molar-refractivity contribution < 1.29 is 0 Å². The number of piperidine rings is 1. The third-order valence-corrected chi connectivity index (χ3v) is 3.62. The summed E-state index contributed by atoms with van der Waals surface area (Å²) in [7, 11) is 0. The van der Waals surface area contributed by atoms with Crippen molar-refractivity contribution in [3.8, 4) is 0 Å². The summed E-state index contributed by atoms with van der Waals surface area (Å²) in [5, 5.41) is 3.56. The maximum Gasteiger partial charge on any atom is 0.0605 e. The molecule has 0 saturated carbocycles. The number of nitrogens with one attached hydrogen (secondary N) is 1. The highest BCUT2D eigenvalue weighted by Crippen LogP contribution is 2.35. The molecule has 1 atom stereocenters. The summed E-state index contributed by atoms with van der Waals surface area (Å²) in [6.45, 7) is 4.52. The lowest BCUT2D eigenvalue weighted by Crippen LogP contribution is -2.46. The highest BCUT2D eigenvalue weighted by molar-refractivity contribution is 5.73. The number of rotatable bonds is 0. The maximum atomic E-state index is 3.56. The van der Waals surface area contributed by atoms with Gasteiger partial charge in [0.05, 0.1) is 11.4 Å². The molecule has 0 aliphatic carbocycles. The Kier molecular flexibility index (Phi) is 2.08. The third-order valence-electron chi connectivity index (χ3n) is 3.62. The summed E-state index contributed by atoms with van der Waals surface area (Å²) in [4.78, 5) is 2.59. The number of nitrogens with zero attached hydrogens (tertiary/aromatic N) is 1. The smallest absolute Gasteiger partial charge is 0.0605 e. The Hall–Kier alpha value is -1.18. The van der Waals surface area contributed by atoms with E-state index in [1.54, 1.807) is 0 Å². The predicted molar refractivity (Wildman–Crippen MR) is 64.7 cm³/mol. The second-order valence-corrected chi connectivity index (χ2v) is 4.74. The molecule has 1 fully saturated rings. The first-order valence-electron chi connectivity index (χ1n) is 5.96. The van der Waals surface area contributed by atoms with E-state index in [1.165, 1.54) is 42.7 Å². The maximum absolute atomic E-state index is 3.56. The Morgan fingerprint density at radius 1 is 1.33 bits per heavy atom. The van der Waals surface area contributed by atoms with Gasteiger partial charge in [-0.25, -0.2) is 0 Å². The summed E-state index contributed by atoms with van der Waals surface area (Å²) < 4.78 is 0. The molecule has 15 heavy (non-hydrogen) atoms. The van der Waals surface area contributed by atoms with E-state index in [2.05, 4.69) is 35.3 Å². The molecule has 2 nitrogen and oxygen atoms in total. The second-order valence-electron chi connectivity index (χ2n) is 4.74. The topological polar surface area (TPSA) is 15.3 Å². The van der Waals surface area contributed by atoms with E-state index >= 15 is 0 Å². The van der Waals surface area contributed by atoms with Gasteiger partial charge in [0.25, 0.3) is 0 Å². The molecule has 0 radical (unpaired) electrons. The van der Waals surface area contributed by atoms with Gasteiger partial charge in [-0.05, 0) is 43.9 Å². The Balaban J connectivity index is 1.99. The molecule has 1 aromatic rings. The molecule has 1 N–H and O–H groups in total. The lowest BCUT2D eigenvalue weighted by Gasteiger charge is -2.42. The summed E-state index contributed by atoms with van der Waals surface area (Å²) in [5.74, 6) is 0. The molecule has 1 saturated heterocycles. The molecule has 0 aromatic heterocycles. The van der Waals surface area contributed by atoms with E-state index in [0.717, 1.165) is 12.6 Å². The normalized spacial score (nSPS) is 24.1. The fourth-order valence-corrected chi connectivity index (χ4v) is 2.80. The molecule has 2 aliphatic rings. The molecule has 0 amide bonds. The molecule has 1 aromatic carbocycles. The van der Waals surface area contributed by atoms with Crippen LogP contribution in [0.3, 0.4) is 0 Å². The molecular weight excluding hydrogens is 184 g/mol. The molecule has 80 valence electrons. The van der Waals surface area contributed by atoms with Crippen molar-refractivity contribution >= 4 is 11.4 Å². The van der Waals surface area contributed by atoms with Crippen LogP contribution in [0.2, 0.25) is 0 Å². The number of hydrogen-bond acceptors (Lipinski definition) is 2. The van der Waals surface area contributed by atoms with Crippen LogP contribution in [0.25, 0.3) is 0 Å². The van der Waals surface area contributed by atoms with Crippen molar-refractivity contribution in [3.63, 3.8) is 0 Å². The van der Waals surface area contributed by atoms with E-state index in [4.69, 9.17) is 0 Å². The minimum absolute atomic E-state index is 0.731. The van der Waals surface area contributed by atoms with Gasteiger partial charge >= 0.3 is 0 Å². The fourth-order valence-electron chi connectivity index (χ4n) is 2.80. The number of benzene rings is 1. The monoisotopic (exact) mass is 202 g/mol. The van der Waals surface area contributed by atoms with Crippen molar-refractivity contribution in [2.45, 2.75) is 32.2 Å². The number of hydrogen-bond donors (Lipinski definition) is 1. The van der Waals surface area contributed by atoms with Gasteiger partial charge < -0.3 is 10.2 Å². The molecule has 2 heteroatoms. The first kappa shape index (κ1) is 9.08. The van der Waals surface area contributed by atoms with Crippen molar-refractivity contribution in [1.29, 1.82) is 0 Å². The average Bonchev–Trinajstić information content (AvgIpc) is 2.28. The van der Waals surface area contributed by atoms with Crippen LogP contribution in [0.5, 0.6) is 0 Å². The summed E-state index contributed by atoms with van der Waals surface area (Å²) in [6.07, 6.45) is 4.09. The lowest BCUT2D eigenvalue weighted by molar-refractivity contribution is 0.466. The Morgan fingerprint density at radius 3 is 3.20 bits per heavy atom. The zero-order valence-electron chi connectivity index (χ0n) is 9.29. The van der Waals surface area contributed by atoms with Gasteiger partial charge in [0, 0.05) is 19.1 Å². The Labute approximate surface area is 91.3 Å². The number of anilines is 2. The second kappa shape index (κ2) is 3.44. The van der Waals surface area contributed by atoms with Crippen molar-refractivity contribution in [2.75, 3.05) is 23.3 Å². The lowest BCUT2D eigenvalue weighted by atomic mass is 9.98. The molecule has 0 spiro atoms. The summed E-state index contributed by atoms with van der Waals surface area (Å²) >= 11 is 0. The largest absolute Gasteiger partial charge is 0.381 e. The van der Waals surface area contributed by atoms with Gasteiger partial charge in [0.2, 0.25) is 0 Å². The molecular formula is C13H18N2. The van der Waals surface area contributed by atoms with Crippen LogP contribution in [0, 0.1) is 6.92 Å². The van der Waals surface area contributed by atoms with Crippen LogP contribution >= 0.6 is 0 Å². The van der Waals surface area contributed by atoms with Crippen LogP contribution in [-0.4, -0.2) is 19.1 Å². The number of aryl methyl sites for hydroxylation is 1. The minimum atomic E-state index is 0.731. The van der Waals surface area contributed by atoms with Gasteiger partial charge in [0.1, 0.15) is 0 Å². The predicted octanol–water partition coefficient (Wildman–Crippen LogP) is 2.78. The van der Waals surface area contributed by atoms with E-state index in [9.17, 15) is 0 Å². The SMILES string of the molecule is Cc1ccc2c(c1)NCC1CCCCN21. The number of fused-ring (bicyclic) bond motifs is 3. The van der Waals surface area contributed by atoms with E-state index in [0.29, 0.717) is 0 Å². The Morgan fingerprint density at radius 2 is 2.27 bits per heavy atom. The van der Waals surface area contributed by atoms with Gasteiger partial charge in [-0.2, -0.15) is 0 Å². The van der Waals surface area contributed by atoms with Gasteiger partial charge in [-0.1, -0.05) is 6.07 Å². The van der Waals surface area contributed by atoms with Crippen LogP contribution in [0.4, 0.5) is 11.4 Å².